The number of aryl methyl sites for hydroxylation is 1. The SMILES string of the molecule is Cc1cc2cc3c(cc2o1)oc1ncnc(-c2cc(C(C)(C)C)c4sccc4c2)c13. The molecular formula is C25H20N2O2S. The zero-order chi connectivity index (χ0) is 20.6. The van der Waals surface area contributed by atoms with Crippen LogP contribution in [0.3, 0.4) is 0 Å². The topological polar surface area (TPSA) is 52.1 Å². The average molecular weight is 413 g/mol. The largest absolute Gasteiger partial charge is 0.461 e. The molecule has 148 valence electrons. The molecule has 0 fully saturated rings. The van der Waals surface area contributed by atoms with E-state index in [1.54, 1.807) is 17.7 Å². The molecule has 0 aliphatic heterocycles. The summed E-state index contributed by atoms with van der Waals surface area (Å²) in [4.78, 5) is 9.12. The fraction of sp³-hybridized carbons (Fsp3) is 0.200. The van der Waals surface area contributed by atoms with Crippen molar-refractivity contribution in [2.24, 2.45) is 0 Å². The van der Waals surface area contributed by atoms with Gasteiger partial charge in [-0.15, -0.1) is 11.3 Å². The van der Waals surface area contributed by atoms with Gasteiger partial charge in [0.2, 0.25) is 5.71 Å². The Morgan fingerprint density at radius 1 is 0.900 bits per heavy atom. The number of hydrogen-bond donors (Lipinski definition) is 0. The number of nitrogens with zero attached hydrogens (tertiary/aromatic N) is 2. The highest BCUT2D eigenvalue weighted by atomic mass is 32.1. The molecule has 6 rings (SSSR count). The molecule has 30 heavy (non-hydrogen) atoms. The Bertz CT molecular complexity index is 1590. The lowest BCUT2D eigenvalue weighted by Crippen LogP contribution is -2.11. The minimum Gasteiger partial charge on any atom is -0.461 e. The van der Waals surface area contributed by atoms with Gasteiger partial charge in [0.05, 0.1) is 11.1 Å². The predicted molar refractivity (Wildman–Crippen MR) is 123 cm³/mol. The van der Waals surface area contributed by atoms with E-state index in [4.69, 9.17) is 13.8 Å². The minimum atomic E-state index is 0.0320. The van der Waals surface area contributed by atoms with Crippen LogP contribution in [0, 0.1) is 6.92 Å². The van der Waals surface area contributed by atoms with E-state index in [1.807, 2.05) is 19.1 Å². The van der Waals surface area contributed by atoms with Crippen molar-refractivity contribution < 1.29 is 8.83 Å². The van der Waals surface area contributed by atoms with Crippen molar-refractivity contribution in [2.75, 3.05) is 0 Å². The van der Waals surface area contributed by atoms with Crippen LogP contribution in [-0.4, -0.2) is 9.97 Å². The Morgan fingerprint density at radius 3 is 2.60 bits per heavy atom. The van der Waals surface area contributed by atoms with E-state index >= 15 is 0 Å². The Hall–Kier alpha value is -3.18. The van der Waals surface area contributed by atoms with Crippen LogP contribution in [0.2, 0.25) is 0 Å². The van der Waals surface area contributed by atoms with Crippen molar-refractivity contribution in [2.45, 2.75) is 33.1 Å². The highest BCUT2D eigenvalue weighted by Gasteiger charge is 2.22. The lowest BCUT2D eigenvalue weighted by Gasteiger charge is -2.21. The molecule has 0 unspecified atom stereocenters. The summed E-state index contributed by atoms with van der Waals surface area (Å²) in [6.07, 6.45) is 1.59. The van der Waals surface area contributed by atoms with Gasteiger partial charge in [-0.05, 0) is 59.0 Å². The van der Waals surface area contributed by atoms with Crippen LogP contribution in [0.25, 0.3) is 54.4 Å². The summed E-state index contributed by atoms with van der Waals surface area (Å²) >= 11 is 1.79. The maximum atomic E-state index is 6.09. The summed E-state index contributed by atoms with van der Waals surface area (Å²) in [5.41, 5.74) is 5.54. The standard InChI is InChI=1S/C25H20N2O2S/c1-13-7-15-9-17-20(11-19(15)28-13)29-24-21(17)22(26-12-27-24)16-8-14-5-6-30-23(14)18(10-16)25(2,3)4/h5-12H,1-4H3. The zero-order valence-electron chi connectivity index (χ0n) is 17.2. The quantitative estimate of drug-likeness (QED) is 0.279. The number of fused-ring (bicyclic) bond motifs is 5. The first kappa shape index (κ1) is 17.7. The fourth-order valence-corrected chi connectivity index (χ4v) is 5.38. The molecule has 0 bridgehead atoms. The van der Waals surface area contributed by atoms with Crippen LogP contribution in [0.5, 0.6) is 0 Å². The Balaban J connectivity index is 1.71. The van der Waals surface area contributed by atoms with Gasteiger partial charge in [-0.1, -0.05) is 20.8 Å². The Labute approximate surface area is 177 Å². The van der Waals surface area contributed by atoms with E-state index in [0.717, 1.165) is 44.3 Å². The summed E-state index contributed by atoms with van der Waals surface area (Å²) in [7, 11) is 0. The number of benzene rings is 2. The first-order valence-electron chi connectivity index (χ1n) is 9.98. The van der Waals surface area contributed by atoms with Crippen molar-refractivity contribution in [3.63, 3.8) is 0 Å². The van der Waals surface area contributed by atoms with Crippen LogP contribution in [0.4, 0.5) is 0 Å². The van der Waals surface area contributed by atoms with Gasteiger partial charge >= 0.3 is 0 Å². The van der Waals surface area contributed by atoms with E-state index in [2.05, 4.69) is 55.4 Å². The average Bonchev–Trinajstić information content (AvgIpc) is 3.39. The van der Waals surface area contributed by atoms with Gasteiger partial charge < -0.3 is 8.83 Å². The third-order valence-electron chi connectivity index (χ3n) is 5.66. The van der Waals surface area contributed by atoms with Crippen LogP contribution < -0.4 is 0 Å². The molecule has 0 spiro atoms. The molecule has 4 heterocycles. The molecule has 0 aliphatic rings. The molecule has 5 heteroatoms. The lowest BCUT2D eigenvalue weighted by atomic mass is 9.85. The number of hydrogen-bond acceptors (Lipinski definition) is 5. The zero-order valence-corrected chi connectivity index (χ0v) is 18.1. The lowest BCUT2D eigenvalue weighted by molar-refractivity contribution is 0.577. The summed E-state index contributed by atoms with van der Waals surface area (Å²) in [5, 5.41) is 6.42. The molecule has 0 atom stereocenters. The minimum absolute atomic E-state index is 0.0320. The summed E-state index contributed by atoms with van der Waals surface area (Å²) in [6.45, 7) is 8.72. The number of thiophene rings is 1. The van der Waals surface area contributed by atoms with E-state index in [-0.39, 0.29) is 5.41 Å². The Kier molecular flexibility index (Phi) is 3.49. The summed E-state index contributed by atoms with van der Waals surface area (Å²) in [5.74, 6) is 0.885. The van der Waals surface area contributed by atoms with Gasteiger partial charge in [-0.2, -0.15) is 0 Å². The van der Waals surface area contributed by atoms with Crippen LogP contribution in [0.15, 0.2) is 56.9 Å². The van der Waals surface area contributed by atoms with Crippen molar-refractivity contribution in [3.8, 4) is 11.3 Å². The maximum absolute atomic E-state index is 6.09. The van der Waals surface area contributed by atoms with Gasteiger partial charge in [0.25, 0.3) is 0 Å². The van der Waals surface area contributed by atoms with Gasteiger partial charge in [-0.25, -0.2) is 9.97 Å². The molecule has 6 aromatic rings. The van der Waals surface area contributed by atoms with Crippen molar-refractivity contribution in [1.82, 2.24) is 9.97 Å². The van der Waals surface area contributed by atoms with Crippen molar-refractivity contribution in [3.05, 3.63) is 59.4 Å². The molecule has 0 saturated carbocycles. The highest BCUT2D eigenvalue weighted by Crippen LogP contribution is 2.41. The van der Waals surface area contributed by atoms with E-state index in [1.165, 1.54) is 15.6 Å². The third-order valence-corrected chi connectivity index (χ3v) is 6.63. The molecule has 0 amide bonds. The smallest absolute Gasteiger partial charge is 0.230 e. The monoisotopic (exact) mass is 412 g/mol. The van der Waals surface area contributed by atoms with Crippen molar-refractivity contribution in [1.29, 1.82) is 0 Å². The fourth-order valence-electron chi connectivity index (χ4n) is 4.27. The van der Waals surface area contributed by atoms with Crippen molar-refractivity contribution >= 4 is 54.5 Å². The van der Waals surface area contributed by atoms with Gasteiger partial charge in [0, 0.05) is 27.1 Å². The molecule has 0 saturated heterocycles. The Morgan fingerprint density at radius 2 is 1.77 bits per heavy atom. The molecule has 0 aliphatic carbocycles. The van der Waals surface area contributed by atoms with Crippen LogP contribution >= 0.6 is 11.3 Å². The van der Waals surface area contributed by atoms with Gasteiger partial charge in [0.1, 0.15) is 23.3 Å². The third kappa shape index (κ3) is 2.52. The molecule has 0 N–H and O–H groups in total. The molecule has 4 aromatic heterocycles. The van der Waals surface area contributed by atoms with E-state index in [0.29, 0.717) is 5.71 Å². The second kappa shape index (κ2) is 5.92. The number of furan rings is 2. The van der Waals surface area contributed by atoms with Gasteiger partial charge in [-0.3, -0.25) is 0 Å². The summed E-state index contributed by atoms with van der Waals surface area (Å²) < 4.78 is 13.2. The molecular weight excluding hydrogens is 392 g/mol. The number of rotatable bonds is 1. The van der Waals surface area contributed by atoms with Gasteiger partial charge in [0.15, 0.2) is 0 Å². The van der Waals surface area contributed by atoms with Crippen LogP contribution in [0.1, 0.15) is 32.1 Å². The van der Waals surface area contributed by atoms with E-state index < -0.39 is 0 Å². The molecule has 4 nitrogen and oxygen atoms in total. The number of aromatic nitrogens is 2. The normalized spacial score (nSPS) is 12.7. The van der Waals surface area contributed by atoms with Crippen LogP contribution in [-0.2, 0) is 5.41 Å². The second-order valence-corrected chi connectivity index (χ2v) is 9.78. The first-order valence-corrected chi connectivity index (χ1v) is 10.9. The summed E-state index contributed by atoms with van der Waals surface area (Å²) in [6, 6.07) is 12.8. The highest BCUT2D eigenvalue weighted by molar-refractivity contribution is 7.17. The predicted octanol–water partition coefficient (Wildman–Crippen LogP) is 7.61. The maximum Gasteiger partial charge on any atom is 0.230 e. The molecule has 0 radical (unpaired) electrons. The second-order valence-electron chi connectivity index (χ2n) is 8.86. The molecule has 2 aromatic carbocycles. The van der Waals surface area contributed by atoms with E-state index in [9.17, 15) is 0 Å². The first-order chi connectivity index (χ1) is 14.4.